The molecule has 0 spiro atoms. The summed E-state index contributed by atoms with van der Waals surface area (Å²) in [5.41, 5.74) is 2.89. The lowest BCUT2D eigenvalue weighted by Gasteiger charge is -2.28. The number of aromatic nitrogens is 2. The zero-order valence-corrected chi connectivity index (χ0v) is 15.3. The number of ether oxygens (including phenoxy) is 1. The van der Waals surface area contributed by atoms with Gasteiger partial charge in [-0.25, -0.2) is 4.98 Å². The van der Waals surface area contributed by atoms with Crippen LogP contribution in [0.3, 0.4) is 0 Å². The van der Waals surface area contributed by atoms with Gasteiger partial charge in [0.25, 0.3) is 0 Å². The van der Waals surface area contributed by atoms with Crippen LogP contribution < -0.4 is 0 Å². The first kappa shape index (κ1) is 17.5. The van der Waals surface area contributed by atoms with Crippen LogP contribution in [-0.2, 0) is 11.3 Å². The fraction of sp³-hybridized carbons (Fsp3) is 0.350. The number of benzene rings is 2. The molecule has 26 heavy (non-hydrogen) atoms. The summed E-state index contributed by atoms with van der Waals surface area (Å²) in [6.45, 7) is 4.30. The van der Waals surface area contributed by atoms with Gasteiger partial charge in [0.1, 0.15) is 5.82 Å². The van der Waals surface area contributed by atoms with Gasteiger partial charge in [-0.1, -0.05) is 35.9 Å². The van der Waals surface area contributed by atoms with Crippen LogP contribution in [0.15, 0.2) is 48.5 Å². The summed E-state index contributed by atoms with van der Waals surface area (Å²) in [6, 6.07) is 15.7. The third-order valence-electron chi connectivity index (χ3n) is 4.70. The highest BCUT2D eigenvalue weighted by Crippen LogP contribution is 2.27. The Hall–Kier alpha value is -1.92. The molecule has 3 aromatic rings. The number of hydrogen-bond donors (Lipinski definition) is 1. The molecule has 6 heteroatoms. The smallest absolute Gasteiger partial charge is 0.141 e. The summed E-state index contributed by atoms with van der Waals surface area (Å²) in [4.78, 5) is 7.03. The molecular weight excluding hydrogens is 350 g/mol. The lowest BCUT2D eigenvalue weighted by molar-refractivity contribution is 0.0118. The van der Waals surface area contributed by atoms with E-state index in [1.165, 1.54) is 0 Å². The van der Waals surface area contributed by atoms with Crippen LogP contribution in [0, 0.1) is 0 Å². The van der Waals surface area contributed by atoms with E-state index in [1.54, 1.807) is 0 Å². The second-order valence-corrected chi connectivity index (χ2v) is 7.05. The van der Waals surface area contributed by atoms with Crippen LogP contribution in [0.1, 0.15) is 0 Å². The van der Waals surface area contributed by atoms with Gasteiger partial charge in [0.05, 0.1) is 36.9 Å². The molecule has 0 radical (unpaired) electrons. The van der Waals surface area contributed by atoms with Gasteiger partial charge < -0.3 is 14.4 Å². The number of imidazole rings is 1. The molecule has 0 saturated carbocycles. The van der Waals surface area contributed by atoms with Gasteiger partial charge in [0.15, 0.2) is 0 Å². The minimum Gasteiger partial charge on any atom is -0.390 e. The van der Waals surface area contributed by atoms with Crippen molar-refractivity contribution in [3.05, 3.63) is 53.6 Å². The monoisotopic (exact) mass is 371 g/mol. The van der Waals surface area contributed by atoms with Gasteiger partial charge in [0, 0.05) is 30.2 Å². The van der Waals surface area contributed by atoms with Crippen molar-refractivity contribution in [1.29, 1.82) is 0 Å². The van der Waals surface area contributed by atoms with E-state index >= 15 is 0 Å². The summed E-state index contributed by atoms with van der Waals surface area (Å²) in [5.74, 6) is 0.828. The molecule has 1 saturated heterocycles. The molecule has 5 nitrogen and oxygen atoms in total. The predicted octanol–water partition coefficient (Wildman–Crippen LogP) is 3.05. The first-order valence-electron chi connectivity index (χ1n) is 8.90. The van der Waals surface area contributed by atoms with Gasteiger partial charge >= 0.3 is 0 Å². The van der Waals surface area contributed by atoms with E-state index in [4.69, 9.17) is 21.3 Å². The Bertz CT molecular complexity index is 890. The quantitative estimate of drug-likeness (QED) is 0.749. The van der Waals surface area contributed by atoms with Crippen LogP contribution in [-0.4, -0.2) is 58.5 Å². The number of morpholine rings is 1. The first-order valence-corrected chi connectivity index (χ1v) is 9.28. The van der Waals surface area contributed by atoms with Crippen molar-refractivity contribution in [3.8, 4) is 11.4 Å². The van der Waals surface area contributed by atoms with E-state index in [-0.39, 0.29) is 0 Å². The lowest BCUT2D eigenvalue weighted by atomic mass is 10.2. The first-order chi connectivity index (χ1) is 12.7. The second-order valence-electron chi connectivity index (χ2n) is 6.61. The minimum absolute atomic E-state index is 0.483. The molecule has 1 atom stereocenters. The Labute approximate surface area is 157 Å². The van der Waals surface area contributed by atoms with E-state index < -0.39 is 6.10 Å². The molecule has 2 heterocycles. The normalized spacial score (nSPS) is 16.8. The van der Waals surface area contributed by atoms with Crippen molar-refractivity contribution in [1.82, 2.24) is 14.5 Å². The predicted molar refractivity (Wildman–Crippen MR) is 103 cm³/mol. The summed E-state index contributed by atoms with van der Waals surface area (Å²) in [5, 5.41) is 11.4. The average molecular weight is 372 g/mol. The van der Waals surface area contributed by atoms with Crippen LogP contribution in [0.2, 0.25) is 5.02 Å². The van der Waals surface area contributed by atoms with Crippen LogP contribution >= 0.6 is 11.6 Å². The molecule has 2 aromatic carbocycles. The Morgan fingerprint density at radius 2 is 1.88 bits per heavy atom. The molecule has 1 aromatic heterocycles. The number of β-amino-alcohol motifs (C(OH)–C–C–N with tert-alkyl or cyclic N) is 1. The van der Waals surface area contributed by atoms with Gasteiger partial charge in [0.2, 0.25) is 0 Å². The fourth-order valence-corrected chi connectivity index (χ4v) is 3.65. The number of fused-ring (bicyclic) bond motifs is 1. The molecule has 0 amide bonds. The Morgan fingerprint density at radius 1 is 1.08 bits per heavy atom. The standard InChI is InChI=1S/C20H22ClN3O2/c21-16-5-3-4-15(12-16)20-22-18-6-1-2-7-19(18)24(20)14-17(25)13-23-8-10-26-11-9-23/h1-7,12,17,25H,8-11,13-14H2/t17-/m1/s1. The summed E-state index contributed by atoms with van der Waals surface area (Å²) in [7, 11) is 0. The highest BCUT2D eigenvalue weighted by atomic mass is 35.5. The van der Waals surface area contributed by atoms with E-state index in [0.717, 1.165) is 48.7 Å². The second kappa shape index (κ2) is 7.76. The Balaban J connectivity index is 1.65. The van der Waals surface area contributed by atoms with E-state index in [2.05, 4.69) is 9.47 Å². The van der Waals surface area contributed by atoms with Crippen LogP contribution in [0.4, 0.5) is 0 Å². The number of aliphatic hydroxyl groups is 1. The molecular formula is C20H22ClN3O2. The van der Waals surface area contributed by atoms with Gasteiger partial charge in [-0.2, -0.15) is 0 Å². The SMILES string of the molecule is O[C@H](CN1CCOCC1)Cn1c(-c2cccc(Cl)c2)nc2ccccc21. The highest BCUT2D eigenvalue weighted by molar-refractivity contribution is 6.30. The fourth-order valence-electron chi connectivity index (χ4n) is 3.46. The number of nitrogens with zero attached hydrogens (tertiary/aromatic N) is 3. The molecule has 1 N–H and O–H groups in total. The van der Waals surface area contributed by atoms with Crippen LogP contribution in [0.5, 0.6) is 0 Å². The summed E-state index contributed by atoms with van der Waals surface area (Å²) < 4.78 is 7.47. The molecule has 1 aliphatic heterocycles. The van der Waals surface area contributed by atoms with Crippen molar-refractivity contribution in [2.45, 2.75) is 12.6 Å². The topological polar surface area (TPSA) is 50.5 Å². The maximum absolute atomic E-state index is 10.7. The Kier molecular flexibility index (Phi) is 5.22. The molecule has 1 aliphatic rings. The molecule has 1 fully saturated rings. The van der Waals surface area contributed by atoms with E-state index in [0.29, 0.717) is 18.1 Å². The number of aliphatic hydroxyl groups excluding tert-OH is 1. The molecule has 0 unspecified atom stereocenters. The number of halogens is 1. The summed E-state index contributed by atoms with van der Waals surface area (Å²) in [6.07, 6.45) is -0.483. The van der Waals surface area contributed by atoms with Crippen molar-refractivity contribution in [2.24, 2.45) is 0 Å². The summed E-state index contributed by atoms with van der Waals surface area (Å²) >= 11 is 6.18. The third-order valence-corrected chi connectivity index (χ3v) is 4.94. The zero-order chi connectivity index (χ0) is 17.9. The largest absolute Gasteiger partial charge is 0.390 e. The average Bonchev–Trinajstić information content (AvgIpc) is 3.01. The maximum Gasteiger partial charge on any atom is 0.141 e. The number of rotatable bonds is 5. The van der Waals surface area contributed by atoms with Crippen molar-refractivity contribution in [2.75, 3.05) is 32.8 Å². The minimum atomic E-state index is -0.483. The van der Waals surface area contributed by atoms with Gasteiger partial charge in [-0.15, -0.1) is 0 Å². The number of para-hydroxylation sites is 2. The maximum atomic E-state index is 10.7. The van der Waals surface area contributed by atoms with Gasteiger partial charge in [-0.05, 0) is 24.3 Å². The molecule has 0 aliphatic carbocycles. The van der Waals surface area contributed by atoms with E-state index in [1.807, 2.05) is 48.5 Å². The van der Waals surface area contributed by atoms with E-state index in [9.17, 15) is 5.11 Å². The molecule has 4 rings (SSSR count). The Morgan fingerprint density at radius 3 is 2.69 bits per heavy atom. The molecule has 0 bridgehead atoms. The van der Waals surface area contributed by atoms with Gasteiger partial charge in [-0.3, -0.25) is 4.90 Å². The number of hydrogen-bond acceptors (Lipinski definition) is 4. The van der Waals surface area contributed by atoms with Crippen molar-refractivity contribution < 1.29 is 9.84 Å². The van der Waals surface area contributed by atoms with Crippen molar-refractivity contribution in [3.63, 3.8) is 0 Å². The van der Waals surface area contributed by atoms with Crippen molar-refractivity contribution >= 4 is 22.6 Å². The zero-order valence-electron chi connectivity index (χ0n) is 14.5. The molecule has 136 valence electrons. The highest BCUT2D eigenvalue weighted by Gasteiger charge is 2.19. The van der Waals surface area contributed by atoms with Crippen LogP contribution in [0.25, 0.3) is 22.4 Å². The lowest BCUT2D eigenvalue weighted by Crippen LogP contribution is -2.42. The third kappa shape index (κ3) is 3.76.